The van der Waals surface area contributed by atoms with Crippen LogP contribution >= 0.6 is 18.9 Å². The van der Waals surface area contributed by atoms with Gasteiger partial charge in [-0.05, 0) is 45.7 Å². The number of ether oxygens (including phenoxy) is 2. The summed E-state index contributed by atoms with van der Waals surface area (Å²) in [6.07, 6.45) is -5.31. The molecule has 0 saturated heterocycles. The van der Waals surface area contributed by atoms with Crippen LogP contribution in [0.15, 0.2) is 18.2 Å². The molecule has 0 aliphatic heterocycles. The van der Waals surface area contributed by atoms with Gasteiger partial charge in [0.25, 0.3) is 0 Å². The van der Waals surface area contributed by atoms with Gasteiger partial charge in [-0.25, -0.2) is 15.2 Å². The van der Waals surface area contributed by atoms with E-state index in [1.807, 2.05) is 0 Å². The number of carboxylic acids is 1. The number of carboxylic acid groups (broad SMARTS) is 1. The van der Waals surface area contributed by atoms with E-state index in [0.29, 0.717) is 0 Å². The van der Waals surface area contributed by atoms with Gasteiger partial charge in [-0.2, -0.15) is 0 Å². The highest BCUT2D eigenvalue weighted by Gasteiger charge is 2.44. The summed E-state index contributed by atoms with van der Waals surface area (Å²) in [4.78, 5) is 28.5. The van der Waals surface area contributed by atoms with Crippen LogP contribution in [0.25, 0.3) is 10.2 Å². The number of esters is 1. The molecule has 0 amide bonds. The highest BCUT2D eigenvalue weighted by atomic mass is 32.1. The monoisotopic (exact) mass is 540 g/mol. The van der Waals surface area contributed by atoms with Crippen LogP contribution < -0.4 is 20.0 Å². The zero-order chi connectivity index (χ0) is 26.8. The average molecular weight is 541 g/mol. The first-order valence-corrected chi connectivity index (χ1v) is 13.0. The fourth-order valence-electron chi connectivity index (χ4n) is 2.79. The predicted octanol–water partition coefficient (Wildman–Crippen LogP) is 4.73. The number of hydrogen-bond acceptors (Lipinski definition) is 7. The van der Waals surface area contributed by atoms with E-state index >= 15 is 0 Å². The number of anilines is 1. The molecular weight excluding hydrogens is 512 g/mol. The van der Waals surface area contributed by atoms with Crippen molar-refractivity contribution in [2.75, 3.05) is 5.09 Å². The van der Waals surface area contributed by atoms with Crippen LogP contribution in [0, 0.1) is 5.92 Å². The van der Waals surface area contributed by atoms with Crippen LogP contribution in [0.3, 0.4) is 0 Å². The molecule has 196 valence electrons. The second-order valence-electron chi connectivity index (χ2n) is 8.53. The Bertz CT molecular complexity index is 1130. The normalized spacial score (nSPS) is 16.5. The Morgan fingerprint density at radius 3 is 2.31 bits per heavy atom. The maximum atomic E-state index is 13.9. The second kappa shape index (κ2) is 10.7. The highest BCUT2D eigenvalue weighted by Crippen LogP contribution is 2.44. The summed E-state index contributed by atoms with van der Waals surface area (Å²) in [5.41, 5.74) is -1.41. The summed E-state index contributed by atoms with van der Waals surface area (Å²) >= 11 is 0.868. The molecule has 0 radical (unpaired) electrons. The number of hydrogen-bond donors (Lipinski definition) is 4. The number of benzene rings is 1. The summed E-state index contributed by atoms with van der Waals surface area (Å²) < 4.78 is 60.9. The Morgan fingerprint density at radius 2 is 1.80 bits per heavy atom. The van der Waals surface area contributed by atoms with Crippen LogP contribution in [-0.4, -0.2) is 46.1 Å². The molecule has 0 spiro atoms. The number of rotatable bonds is 11. The van der Waals surface area contributed by atoms with Gasteiger partial charge in [0.1, 0.15) is 17.3 Å². The van der Waals surface area contributed by atoms with Crippen LogP contribution in [0.1, 0.15) is 41.5 Å². The molecule has 4 N–H and O–H groups in total. The van der Waals surface area contributed by atoms with Gasteiger partial charge >= 0.3 is 25.9 Å². The molecule has 0 bridgehead atoms. The van der Waals surface area contributed by atoms with Crippen molar-refractivity contribution < 1.29 is 41.9 Å². The first-order chi connectivity index (χ1) is 15.9. The van der Waals surface area contributed by atoms with E-state index in [1.165, 1.54) is 19.9 Å². The summed E-state index contributed by atoms with van der Waals surface area (Å²) in [6, 6.07) is 2.38. The summed E-state index contributed by atoms with van der Waals surface area (Å²) in [5, 5.41) is 17.6. The first-order valence-electron chi connectivity index (χ1n) is 10.5. The number of nitrogens with zero attached hydrogens (tertiary/aromatic N) is 1. The van der Waals surface area contributed by atoms with Crippen molar-refractivity contribution in [2.45, 2.75) is 65.6 Å². The van der Waals surface area contributed by atoms with Gasteiger partial charge in [-0.3, -0.25) is 19.2 Å². The Kier molecular flexibility index (Phi) is 8.80. The summed E-state index contributed by atoms with van der Waals surface area (Å²) in [6.45, 7) is 9.24. The largest absolute Gasteiger partial charge is 0.573 e. The van der Waals surface area contributed by atoms with E-state index in [0.717, 1.165) is 23.5 Å². The summed E-state index contributed by atoms with van der Waals surface area (Å²) in [5.74, 6) is -2.99. The lowest BCUT2D eigenvalue weighted by atomic mass is 9.90. The Hall–Kier alpha value is -2.41. The Labute approximate surface area is 204 Å². The smallest absolute Gasteiger partial charge is 0.480 e. The molecule has 1 aromatic carbocycles. The minimum Gasteiger partial charge on any atom is -0.480 e. The van der Waals surface area contributed by atoms with E-state index in [1.54, 1.807) is 27.7 Å². The van der Waals surface area contributed by atoms with Gasteiger partial charge < -0.3 is 14.6 Å². The van der Waals surface area contributed by atoms with Crippen LogP contribution in [-0.2, 0) is 18.9 Å². The molecule has 10 nitrogen and oxygen atoms in total. The lowest BCUT2D eigenvalue weighted by molar-refractivity contribution is -0.274. The highest BCUT2D eigenvalue weighted by molar-refractivity contribution is 7.62. The van der Waals surface area contributed by atoms with E-state index < -0.39 is 55.2 Å². The van der Waals surface area contributed by atoms with Crippen molar-refractivity contribution in [2.24, 2.45) is 5.92 Å². The van der Waals surface area contributed by atoms with Gasteiger partial charge in [0.05, 0.1) is 16.3 Å². The summed E-state index contributed by atoms with van der Waals surface area (Å²) in [7, 11) is -4.12. The van der Waals surface area contributed by atoms with E-state index in [2.05, 4.69) is 25.0 Å². The number of nitrogens with one attached hydrogen (secondary N) is 3. The standard InChI is InChI=1S/C20H28F3N4O6PS/c1-10(2)19(6,17(29)30)27-34(31,25-12(5)16(28)32-11(3)4)26-18-24-14-8-7-13(9-15(14)35-18)33-20(21,22)23/h7-12H,1-6H3,(H,29,30)(H3,24,25,26,27,31)/t12-,19?,34?/m0/s1. The van der Waals surface area contributed by atoms with Crippen molar-refractivity contribution in [3.63, 3.8) is 0 Å². The zero-order valence-corrected chi connectivity index (χ0v) is 21.6. The molecule has 0 saturated carbocycles. The maximum Gasteiger partial charge on any atom is 0.573 e. The molecule has 35 heavy (non-hydrogen) atoms. The van der Waals surface area contributed by atoms with Gasteiger partial charge in [0, 0.05) is 6.07 Å². The van der Waals surface area contributed by atoms with Crippen LogP contribution in [0.2, 0.25) is 0 Å². The molecule has 1 aromatic heterocycles. The topological polar surface area (TPSA) is 139 Å². The molecule has 1 heterocycles. The minimum atomic E-state index is -4.87. The van der Waals surface area contributed by atoms with Crippen LogP contribution in [0.5, 0.6) is 5.75 Å². The van der Waals surface area contributed by atoms with Crippen molar-refractivity contribution in [3.05, 3.63) is 18.2 Å². The fourth-order valence-corrected chi connectivity index (χ4v) is 6.26. The third-order valence-electron chi connectivity index (χ3n) is 4.92. The average Bonchev–Trinajstić information content (AvgIpc) is 3.06. The molecule has 15 heteroatoms. The van der Waals surface area contributed by atoms with Crippen molar-refractivity contribution in [1.29, 1.82) is 0 Å². The number of thiazole rings is 1. The van der Waals surface area contributed by atoms with Gasteiger partial charge in [0.2, 0.25) is 0 Å². The fraction of sp³-hybridized carbons (Fsp3) is 0.550. The number of carbonyl (C=O) groups excluding carboxylic acids is 1. The van der Waals surface area contributed by atoms with Crippen molar-refractivity contribution in [1.82, 2.24) is 15.2 Å². The maximum absolute atomic E-state index is 13.9. The molecule has 0 fully saturated rings. The van der Waals surface area contributed by atoms with Crippen LogP contribution in [0.4, 0.5) is 18.3 Å². The van der Waals surface area contributed by atoms with Gasteiger partial charge in [0.15, 0.2) is 5.13 Å². The number of aliphatic carboxylic acids is 1. The predicted molar refractivity (Wildman–Crippen MR) is 125 cm³/mol. The molecular formula is C20H28F3N4O6PS. The molecule has 2 unspecified atom stereocenters. The number of alkyl halides is 3. The Balaban J connectivity index is 2.42. The van der Waals surface area contributed by atoms with Gasteiger partial charge in [-0.15, -0.1) is 13.2 Å². The SMILES string of the molecule is CC(C)OC(=O)[C@H](C)NP(=O)(Nc1nc2ccc(OC(F)(F)F)cc2s1)NC(C)(C(=O)O)C(C)C. The number of carbonyl (C=O) groups is 2. The number of halogens is 3. The van der Waals surface area contributed by atoms with Crippen molar-refractivity contribution >= 4 is 46.2 Å². The minimum absolute atomic E-state index is 0.00779. The second-order valence-corrected chi connectivity index (χ2v) is 11.5. The van der Waals surface area contributed by atoms with Crippen molar-refractivity contribution in [3.8, 4) is 5.75 Å². The molecule has 3 atom stereocenters. The Morgan fingerprint density at radius 1 is 1.17 bits per heavy atom. The molecule has 2 rings (SSSR count). The van der Waals surface area contributed by atoms with E-state index in [9.17, 15) is 32.4 Å². The molecule has 0 aliphatic rings. The third-order valence-corrected chi connectivity index (χ3v) is 8.06. The number of fused-ring (bicyclic) bond motifs is 1. The molecule has 0 aliphatic carbocycles. The van der Waals surface area contributed by atoms with E-state index in [4.69, 9.17) is 4.74 Å². The first kappa shape index (κ1) is 28.8. The lowest BCUT2D eigenvalue weighted by Gasteiger charge is -2.35. The quantitative estimate of drug-likeness (QED) is 0.234. The lowest BCUT2D eigenvalue weighted by Crippen LogP contribution is -2.55. The third kappa shape index (κ3) is 7.79. The van der Waals surface area contributed by atoms with E-state index in [-0.39, 0.29) is 15.3 Å². The zero-order valence-electron chi connectivity index (χ0n) is 19.9. The molecule has 2 aromatic rings. The number of aromatic nitrogens is 1. The van der Waals surface area contributed by atoms with Gasteiger partial charge in [-0.1, -0.05) is 25.2 Å².